The standard InChI is InChI=1S/C11H14N4O2/c1-3-12-11-14-9(10(16)15-11)7-4-5-8(17-2)13-6-7/h4-6,9H,3H2,1-2H3,(H2,12,14,15,16). The van der Waals surface area contributed by atoms with Gasteiger partial charge in [0, 0.05) is 24.4 Å². The molecule has 6 nitrogen and oxygen atoms in total. The Morgan fingerprint density at radius 3 is 2.94 bits per heavy atom. The molecule has 1 aliphatic rings. The van der Waals surface area contributed by atoms with Crippen LogP contribution in [0.5, 0.6) is 5.88 Å². The molecule has 2 N–H and O–H groups in total. The third-order valence-electron chi connectivity index (χ3n) is 2.40. The van der Waals surface area contributed by atoms with Crippen LogP contribution in [0, 0.1) is 0 Å². The molecule has 1 amide bonds. The molecule has 6 heteroatoms. The fraction of sp³-hybridized carbons (Fsp3) is 0.364. The predicted molar refractivity (Wildman–Crippen MR) is 62.8 cm³/mol. The van der Waals surface area contributed by atoms with E-state index < -0.39 is 6.04 Å². The summed E-state index contributed by atoms with van der Waals surface area (Å²) < 4.78 is 4.96. The molecule has 1 saturated heterocycles. The molecule has 1 aromatic rings. The SMILES string of the molecule is CCN=C1NC(=O)C(c2ccc(OC)nc2)N1. The second-order valence-corrected chi connectivity index (χ2v) is 3.52. The summed E-state index contributed by atoms with van der Waals surface area (Å²) in [6, 6.07) is 3.09. The average molecular weight is 234 g/mol. The number of carbonyl (C=O) groups excluding carboxylic acids is 1. The lowest BCUT2D eigenvalue weighted by molar-refractivity contribution is -0.120. The Kier molecular flexibility index (Phi) is 3.22. The number of aliphatic imine (C=N–C) groups is 1. The molecule has 1 unspecified atom stereocenters. The first-order valence-electron chi connectivity index (χ1n) is 5.36. The molecule has 2 heterocycles. The number of carbonyl (C=O) groups is 1. The molecule has 0 bridgehead atoms. The van der Waals surface area contributed by atoms with E-state index in [0.717, 1.165) is 5.56 Å². The number of nitrogens with one attached hydrogen (secondary N) is 2. The highest BCUT2D eigenvalue weighted by Crippen LogP contribution is 2.17. The number of hydrogen-bond acceptors (Lipinski definition) is 4. The molecule has 90 valence electrons. The summed E-state index contributed by atoms with van der Waals surface area (Å²) in [6.07, 6.45) is 1.62. The van der Waals surface area contributed by atoms with Gasteiger partial charge in [0.15, 0.2) is 5.96 Å². The first-order valence-corrected chi connectivity index (χ1v) is 5.36. The van der Waals surface area contributed by atoms with E-state index in [-0.39, 0.29) is 5.91 Å². The highest BCUT2D eigenvalue weighted by atomic mass is 16.5. The average Bonchev–Trinajstić information content (AvgIpc) is 2.71. The Hall–Kier alpha value is -2.11. The van der Waals surface area contributed by atoms with Gasteiger partial charge in [0.05, 0.1) is 7.11 Å². The number of pyridine rings is 1. The largest absolute Gasteiger partial charge is 0.481 e. The molecule has 0 saturated carbocycles. The van der Waals surface area contributed by atoms with Crippen molar-refractivity contribution in [2.24, 2.45) is 4.99 Å². The number of methoxy groups -OCH3 is 1. The van der Waals surface area contributed by atoms with Gasteiger partial charge in [-0.05, 0) is 13.0 Å². The van der Waals surface area contributed by atoms with Crippen molar-refractivity contribution in [3.05, 3.63) is 23.9 Å². The van der Waals surface area contributed by atoms with Crippen LogP contribution in [0.2, 0.25) is 0 Å². The minimum Gasteiger partial charge on any atom is -0.481 e. The monoisotopic (exact) mass is 234 g/mol. The first kappa shape index (κ1) is 11.4. The van der Waals surface area contributed by atoms with Crippen LogP contribution < -0.4 is 15.4 Å². The molecule has 1 fully saturated rings. The molecule has 2 rings (SSSR count). The van der Waals surface area contributed by atoms with Crippen molar-refractivity contribution >= 4 is 11.9 Å². The second-order valence-electron chi connectivity index (χ2n) is 3.52. The minimum absolute atomic E-state index is 0.121. The van der Waals surface area contributed by atoms with Gasteiger partial charge in [0.25, 0.3) is 5.91 Å². The Balaban J connectivity index is 2.17. The van der Waals surface area contributed by atoms with Crippen molar-refractivity contribution in [2.45, 2.75) is 13.0 Å². The zero-order valence-electron chi connectivity index (χ0n) is 9.73. The zero-order valence-corrected chi connectivity index (χ0v) is 9.73. The molecule has 1 atom stereocenters. The Morgan fingerprint density at radius 1 is 1.53 bits per heavy atom. The lowest BCUT2D eigenvalue weighted by atomic mass is 10.1. The van der Waals surface area contributed by atoms with Crippen molar-refractivity contribution in [1.82, 2.24) is 15.6 Å². The van der Waals surface area contributed by atoms with Gasteiger partial charge in [-0.25, -0.2) is 4.98 Å². The van der Waals surface area contributed by atoms with Crippen molar-refractivity contribution in [1.29, 1.82) is 0 Å². The summed E-state index contributed by atoms with van der Waals surface area (Å²) in [5, 5.41) is 5.68. The summed E-state index contributed by atoms with van der Waals surface area (Å²) in [6.45, 7) is 2.53. The molecule has 1 aromatic heterocycles. The number of aromatic nitrogens is 1. The number of hydrogen-bond donors (Lipinski definition) is 2. The molecule has 17 heavy (non-hydrogen) atoms. The van der Waals surface area contributed by atoms with Gasteiger partial charge in [0.2, 0.25) is 5.88 Å². The zero-order chi connectivity index (χ0) is 12.3. The van der Waals surface area contributed by atoms with Crippen molar-refractivity contribution in [3.63, 3.8) is 0 Å². The molecule has 0 radical (unpaired) electrons. The first-order chi connectivity index (χ1) is 8.24. The number of guanidine groups is 1. The van der Waals surface area contributed by atoms with E-state index in [1.165, 1.54) is 0 Å². The second kappa shape index (κ2) is 4.82. The van der Waals surface area contributed by atoms with Gasteiger partial charge < -0.3 is 10.1 Å². The van der Waals surface area contributed by atoms with Gasteiger partial charge in [0.1, 0.15) is 6.04 Å². The lowest BCUT2D eigenvalue weighted by Gasteiger charge is -2.07. The molecule has 0 aliphatic carbocycles. The normalized spacial score (nSPS) is 21.2. The van der Waals surface area contributed by atoms with E-state index in [2.05, 4.69) is 20.6 Å². The molecular formula is C11H14N4O2. The van der Waals surface area contributed by atoms with E-state index in [0.29, 0.717) is 18.4 Å². The van der Waals surface area contributed by atoms with E-state index in [1.54, 1.807) is 25.4 Å². The highest BCUT2D eigenvalue weighted by molar-refractivity contribution is 6.06. The van der Waals surface area contributed by atoms with Crippen LogP contribution in [0.15, 0.2) is 23.3 Å². The Morgan fingerprint density at radius 2 is 2.35 bits per heavy atom. The van der Waals surface area contributed by atoms with Gasteiger partial charge in [-0.2, -0.15) is 0 Å². The lowest BCUT2D eigenvalue weighted by Crippen LogP contribution is -2.25. The Bertz CT molecular complexity index is 441. The van der Waals surface area contributed by atoms with Gasteiger partial charge >= 0.3 is 0 Å². The van der Waals surface area contributed by atoms with E-state index in [1.807, 2.05) is 6.92 Å². The molecular weight excluding hydrogens is 220 g/mol. The van der Waals surface area contributed by atoms with Crippen LogP contribution in [0.4, 0.5) is 0 Å². The number of amides is 1. The van der Waals surface area contributed by atoms with Crippen LogP contribution in [0.1, 0.15) is 18.5 Å². The quantitative estimate of drug-likeness (QED) is 0.784. The Labute approximate surface area is 99.1 Å². The van der Waals surface area contributed by atoms with Crippen LogP contribution >= 0.6 is 0 Å². The number of nitrogens with zero attached hydrogens (tertiary/aromatic N) is 2. The summed E-state index contributed by atoms with van der Waals surface area (Å²) in [5.41, 5.74) is 0.782. The summed E-state index contributed by atoms with van der Waals surface area (Å²) in [7, 11) is 1.55. The van der Waals surface area contributed by atoms with Crippen LogP contribution in [-0.2, 0) is 4.79 Å². The summed E-state index contributed by atoms with van der Waals surface area (Å²) in [4.78, 5) is 19.9. The van der Waals surface area contributed by atoms with Crippen LogP contribution in [-0.4, -0.2) is 30.5 Å². The van der Waals surface area contributed by atoms with E-state index in [9.17, 15) is 4.79 Å². The highest BCUT2D eigenvalue weighted by Gasteiger charge is 2.29. The molecule has 1 aliphatic heterocycles. The van der Waals surface area contributed by atoms with Crippen LogP contribution in [0.25, 0.3) is 0 Å². The maximum Gasteiger partial charge on any atom is 0.253 e. The summed E-state index contributed by atoms with van der Waals surface area (Å²) in [5.74, 6) is 0.914. The van der Waals surface area contributed by atoms with E-state index >= 15 is 0 Å². The fourth-order valence-corrected chi connectivity index (χ4v) is 1.59. The summed E-state index contributed by atoms with van der Waals surface area (Å²) >= 11 is 0. The van der Waals surface area contributed by atoms with Crippen LogP contribution in [0.3, 0.4) is 0 Å². The van der Waals surface area contributed by atoms with Crippen molar-refractivity contribution in [2.75, 3.05) is 13.7 Å². The minimum atomic E-state index is -0.432. The molecule has 0 spiro atoms. The topological polar surface area (TPSA) is 75.6 Å². The smallest absolute Gasteiger partial charge is 0.253 e. The fourth-order valence-electron chi connectivity index (χ4n) is 1.59. The third-order valence-corrected chi connectivity index (χ3v) is 2.40. The van der Waals surface area contributed by atoms with Gasteiger partial charge in [-0.15, -0.1) is 0 Å². The third kappa shape index (κ3) is 2.35. The van der Waals surface area contributed by atoms with Crippen molar-refractivity contribution in [3.8, 4) is 5.88 Å². The number of ether oxygens (including phenoxy) is 1. The van der Waals surface area contributed by atoms with Gasteiger partial charge in [-0.3, -0.25) is 15.1 Å². The molecule has 0 aromatic carbocycles. The predicted octanol–water partition coefficient (Wildman–Crippen LogP) is 0.227. The van der Waals surface area contributed by atoms with Gasteiger partial charge in [-0.1, -0.05) is 0 Å². The van der Waals surface area contributed by atoms with E-state index in [4.69, 9.17) is 4.74 Å². The van der Waals surface area contributed by atoms with Crippen molar-refractivity contribution < 1.29 is 9.53 Å². The maximum absolute atomic E-state index is 11.7. The number of rotatable bonds is 3. The maximum atomic E-state index is 11.7.